The number of pyridine rings is 1. The van der Waals surface area contributed by atoms with Gasteiger partial charge in [-0.25, -0.2) is 10.4 Å². The summed E-state index contributed by atoms with van der Waals surface area (Å²) in [6, 6.07) is 7.21. The van der Waals surface area contributed by atoms with Crippen LogP contribution < -0.4 is 15.6 Å². The van der Waals surface area contributed by atoms with E-state index in [1.165, 1.54) is 29.2 Å². The van der Waals surface area contributed by atoms with Gasteiger partial charge in [0.1, 0.15) is 22.7 Å². The lowest BCUT2D eigenvalue weighted by Crippen LogP contribution is -2.66. The smallest absolute Gasteiger partial charge is 0.324 e. The molecule has 0 unspecified atom stereocenters. The number of piperazine rings is 1. The number of carbonyl (C=O) groups is 3. The van der Waals surface area contributed by atoms with Crippen LogP contribution in [-0.2, 0) is 55.8 Å². The van der Waals surface area contributed by atoms with E-state index in [1.807, 2.05) is 13.1 Å². The number of hydrazine groups is 1. The number of methoxy groups -OCH3 is 2. The molecule has 3 aromatic heterocycles. The largest absolute Gasteiger partial charge is 0.464 e. The molecule has 1 aromatic carbocycles. The molecule has 2 N–H and O–H groups in total. The van der Waals surface area contributed by atoms with Gasteiger partial charge in [-0.15, -0.1) is 11.3 Å². The Bertz CT molecular complexity index is 2790. The Hall–Kier alpha value is -4.57. The van der Waals surface area contributed by atoms with Crippen molar-refractivity contribution in [1.82, 2.24) is 40.1 Å². The number of fused-ring (bicyclic) bond motifs is 7. The third-order valence-electron chi connectivity index (χ3n) is 17.9. The zero-order valence-electron chi connectivity index (χ0n) is 45.2. The summed E-state index contributed by atoms with van der Waals surface area (Å²) in [6.45, 7) is 16.4. The third-order valence-corrected chi connectivity index (χ3v) is 18.8. The lowest BCUT2D eigenvalue weighted by Gasteiger charge is -2.47. The number of benzene rings is 1. The van der Waals surface area contributed by atoms with Crippen LogP contribution in [0.3, 0.4) is 0 Å². The number of likely N-dealkylation sites (tertiary alicyclic amines) is 1. The highest BCUT2D eigenvalue weighted by atomic mass is 32.1. The van der Waals surface area contributed by atoms with Gasteiger partial charge in [0.05, 0.1) is 72.6 Å². The topological polar surface area (TPSA) is 174 Å². The van der Waals surface area contributed by atoms with Crippen LogP contribution in [0.15, 0.2) is 35.8 Å². The predicted octanol–water partition coefficient (Wildman–Crippen LogP) is 6.06. The predicted molar refractivity (Wildman–Crippen MR) is 288 cm³/mol. The normalized spacial score (nSPS) is 29.2. The Morgan fingerprint density at radius 1 is 0.987 bits per heavy atom. The van der Waals surface area contributed by atoms with E-state index < -0.39 is 35.1 Å². The number of ether oxygens (including phenoxy) is 6. The number of carbonyl (C=O) groups excluding carboxylic acids is 3. The monoisotopic (exact) mass is 1060 g/mol. The van der Waals surface area contributed by atoms with Crippen LogP contribution in [0, 0.1) is 11.3 Å². The first kappa shape index (κ1) is 52.1. The summed E-state index contributed by atoms with van der Waals surface area (Å²) < 4.78 is 39.4. The summed E-state index contributed by atoms with van der Waals surface area (Å²) in [5, 5.41) is 8.61. The number of hydrogen-bond acceptors (Lipinski definition) is 16. The molecule has 410 valence electrons. The van der Waals surface area contributed by atoms with E-state index in [1.54, 1.807) is 14.2 Å². The minimum atomic E-state index is -1.05. The zero-order valence-corrected chi connectivity index (χ0v) is 46.0. The second-order valence-electron chi connectivity index (χ2n) is 23.7. The van der Waals surface area contributed by atoms with E-state index >= 15 is 4.79 Å². The fraction of sp³-hybridized carbons (Fsp3) is 0.667. The van der Waals surface area contributed by atoms with E-state index in [-0.39, 0.29) is 42.8 Å². The van der Waals surface area contributed by atoms with E-state index in [2.05, 4.69) is 80.4 Å². The molecule has 4 aromatic rings. The molecule has 13 rings (SSSR count). The van der Waals surface area contributed by atoms with Crippen molar-refractivity contribution < 1.29 is 42.8 Å². The summed E-state index contributed by atoms with van der Waals surface area (Å²) in [5.74, 6) is -0.729. The maximum atomic E-state index is 15.2. The highest BCUT2D eigenvalue weighted by molar-refractivity contribution is 7.10. The molecule has 6 saturated heterocycles. The molecule has 8 bridgehead atoms. The Morgan fingerprint density at radius 3 is 2.50 bits per heavy atom. The Balaban J connectivity index is 0.998. The Kier molecular flexibility index (Phi) is 14.6. The van der Waals surface area contributed by atoms with Gasteiger partial charge in [-0.3, -0.25) is 34.2 Å². The Labute approximate surface area is 450 Å². The minimum absolute atomic E-state index is 0.0331. The number of nitrogens with zero attached hydrogens (tertiary/aromatic N) is 7. The number of esters is 1. The summed E-state index contributed by atoms with van der Waals surface area (Å²) in [6.07, 6.45) is 8.95. The average Bonchev–Trinajstić information content (AvgIpc) is 3.83. The van der Waals surface area contributed by atoms with Crippen LogP contribution in [0.1, 0.15) is 107 Å². The summed E-state index contributed by atoms with van der Waals surface area (Å²) in [7, 11) is 3.44. The number of cyclic esters (lactones) is 1. The molecular weight excluding hydrogens is 987 g/mol. The van der Waals surface area contributed by atoms with Gasteiger partial charge in [0.25, 0.3) is 11.8 Å². The number of amides is 2. The molecule has 7 aliphatic heterocycles. The van der Waals surface area contributed by atoms with Gasteiger partial charge in [-0.1, -0.05) is 19.9 Å². The van der Waals surface area contributed by atoms with Crippen molar-refractivity contribution >= 4 is 45.7 Å². The second-order valence-corrected chi connectivity index (χ2v) is 24.6. The molecule has 8 fully saturated rings. The molecular formula is C57H77N9O9S. The number of anilines is 1. The van der Waals surface area contributed by atoms with Crippen LogP contribution in [0.4, 0.5) is 5.69 Å². The van der Waals surface area contributed by atoms with E-state index in [4.69, 9.17) is 38.4 Å². The van der Waals surface area contributed by atoms with Crippen molar-refractivity contribution in [1.29, 1.82) is 0 Å². The van der Waals surface area contributed by atoms with E-state index in [0.29, 0.717) is 89.0 Å². The molecule has 76 heavy (non-hydrogen) atoms. The summed E-state index contributed by atoms with van der Waals surface area (Å²) in [5.41, 5.74) is 9.60. The minimum Gasteiger partial charge on any atom is -0.464 e. The van der Waals surface area contributed by atoms with Gasteiger partial charge in [0, 0.05) is 119 Å². The van der Waals surface area contributed by atoms with Crippen molar-refractivity contribution in [2.45, 2.75) is 146 Å². The number of aromatic nitrogens is 3. The highest BCUT2D eigenvalue weighted by Crippen LogP contribution is 2.53. The standard InChI is InChI=1S/C57H77N9O9S/c1-34-37-26-57(27-37,75-34)55(69)60-49-51(64-30-41(31-64)71-6)52-59-46(32-76-52)36-9-12-47-42(24-36)44(28-56(3,4)33-74-54(68)45-8-7-15-66(61-45)53(49)67)50(65(47)20-23-73-40-13-21-72-22-14-40)43-25-39(29-58-48(43)35(2)70-5)63-18-16-62(17-19-63)38-10-11-38/h9,12,24-25,29,32,34-35,37-38,40-41,45,49,51,61H,7-8,10-11,13-23,26-28,30-31,33H2,1-6H3,(H,60,69)/t34-,35-,37?,45-,49-,51-,57?/m0/s1. The van der Waals surface area contributed by atoms with E-state index in [9.17, 15) is 9.59 Å². The molecule has 19 heteroatoms. The van der Waals surface area contributed by atoms with E-state index in [0.717, 1.165) is 95.4 Å². The fourth-order valence-corrected chi connectivity index (χ4v) is 14.0. The molecule has 0 spiro atoms. The van der Waals surface area contributed by atoms with Crippen LogP contribution in [-0.4, -0.2) is 176 Å². The third kappa shape index (κ3) is 10.1. The van der Waals surface area contributed by atoms with Crippen molar-refractivity contribution in [2.75, 3.05) is 91.4 Å². The van der Waals surface area contributed by atoms with Gasteiger partial charge in [-0.2, -0.15) is 0 Å². The molecule has 2 amide bonds. The Morgan fingerprint density at radius 2 is 1.78 bits per heavy atom. The van der Waals surface area contributed by atoms with Crippen LogP contribution in [0.5, 0.6) is 0 Å². The lowest BCUT2D eigenvalue weighted by atomic mass is 9.72. The van der Waals surface area contributed by atoms with Crippen LogP contribution in [0.25, 0.3) is 33.4 Å². The molecule has 10 heterocycles. The first-order valence-electron chi connectivity index (χ1n) is 28.1. The SMILES string of the molecule is COC1CN([C@@H]2c3nc(cs3)-c3ccc4c(c3)c(c(-c3cc(N5CCN(C6CC6)CC5)cnc3[C@H](C)OC)n4CCOC3CCOCC3)CC(C)(C)COC(=O)[C@@H]3CCCN(N3)C(=O)[C@H]2NC(=O)C23CC(C2)[C@H](C)O3)C1. The van der Waals surface area contributed by atoms with Crippen molar-refractivity contribution in [3.05, 3.63) is 52.1 Å². The molecule has 2 saturated carbocycles. The van der Waals surface area contributed by atoms with Gasteiger partial charge >= 0.3 is 5.97 Å². The quantitative estimate of drug-likeness (QED) is 0.148. The van der Waals surface area contributed by atoms with Gasteiger partial charge in [0.2, 0.25) is 0 Å². The van der Waals surface area contributed by atoms with Gasteiger partial charge in [0.15, 0.2) is 0 Å². The number of hydrogen-bond donors (Lipinski definition) is 2. The van der Waals surface area contributed by atoms with Crippen molar-refractivity contribution in [3.8, 4) is 22.5 Å². The second kappa shape index (κ2) is 21.2. The van der Waals surface area contributed by atoms with Crippen LogP contribution in [0.2, 0.25) is 0 Å². The number of nitrogens with one attached hydrogen (secondary N) is 2. The zero-order chi connectivity index (χ0) is 52.5. The fourth-order valence-electron chi connectivity index (χ4n) is 13.0. The summed E-state index contributed by atoms with van der Waals surface area (Å²) >= 11 is 1.49. The number of rotatable bonds is 13. The molecule has 9 aliphatic rings. The molecule has 5 atom stereocenters. The van der Waals surface area contributed by atoms with Crippen molar-refractivity contribution in [2.24, 2.45) is 11.3 Å². The first-order chi connectivity index (χ1) is 36.8. The lowest BCUT2D eigenvalue weighted by molar-refractivity contribution is -0.158. The van der Waals surface area contributed by atoms with Gasteiger partial charge in [-0.05, 0) is 101 Å². The van der Waals surface area contributed by atoms with Crippen molar-refractivity contribution in [3.63, 3.8) is 0 Å². The maximum Gasteiger partial charge on any atom is 0.324 e. The molecule has 0 radical (unpaired) electrons. The average molecular weight is 1060 g/mol. The van der Waals surface area contributed by atoms with Crippen LogP contribution >= 0.6 is 11.3 Å². The van der Waals surface area contributed by atoms with Gasteiger partial charge < -0.3 is 43.2 Å². The summed E-state index contributed by atoms with van der Waals surface area (Å²) in [4.78, 5) is 62.2. The molecule has 2 aliphatic carbocycles. The molecule has 18 nitrogen and oxygen atoms in total. The highest BCUT2D eigenvalue weighted by Gasteiger charge is 2.61. The first-order valence-corrected chi connectivity index (χ1v) is 29.0. The number of thiazole rings is 1. The maximum absolute atomic E-state index is 15.2.